The summed E-state index contributed by atoms with van der Waals surface area (Å²) in [6, 6.07) is 7.80. The Morgan fingerprint density at radius 1 is 1.12 bits per heavy atom. The van der Waals surface area contributed by atoms with Gasteiger partial charge in [0.25, 0.3) is 0 Å². The number of carbonyl (C=O) groups excluding carboxylic acids is 1. The molecule has 2 aliphatic rings. The highest BCUT2D eigenvalue weighted by Crippen LogP contribution is 2.50. The van der Waals surface area contributed by atoms with Crippen LogP contribution >= 0.6 is 0 Å². The Labute approximate surface area is 140 Å². The number of aromatic nitrogens is 1. The van der Waals surface area contributed by atoms with Crippen LogP contribution in [0.2, 0.25) is 0 Å². The molecule has 1 unspecified atom stereocenters. The van der Waals surface area contributed by atoms with Gasteiger partial charge in [-0.3, -0.25) is 4.79 Å². The SMILES string of the molecule is Cc1cc(C)c2c(n1)OC1(C(F)(F)F)Oc3ccccc3C=C1C2=O. The topological polar surface area (TPSA) is 48.4 Å². The average Bonchev–Trinajstić information content (AvgIpc) is 2.51. The van der Waals surface area contributed by atoms with Gasteiger partial charge in [0.2, 0.25) is 11.7 Å². The minimum atomic E-state index is -4.97. The average molecular weight is 347 g/mol. The second-order valence-electron chi connectivity index (χ2n) is 6.00. The molecule has 0 saturated heterocycles. The van der Waals surface area contributed by atoms with Gasteiger partial charge in [-0.25, -0.2) is 4.98 Å². The quantitative estimate of drug-likeness (QED) is 0.723. The molecule has 0 amide bonds. The summed E-state index contributed by atoms with van der Waals surface area (Å²) in [6.07, 6.45) is -3.80. The summed E-state index contributed by atoms with van der Waals surface area (Å²) in [7, 11) is 0. The summed E-state index contributed by atoms with van der Waals surface area (Å²) in [4.78, 5) is 16.9. The number of ether oxygens (including phenoxy) is 2. The summed E-state index contributed by atoms with van der Waals surface area (Å²) in [5.41, 5.74) is 0.767. The van der Waals surface area contributed by atoms with Crippen molar-refractivity contribution in [1.29, 1.82) is 0 Å². The maximum absolute atomic E-state index is 14.0. The van der Waals surface area contributed by atoms with Crippen molar-refractivity contribution in [2.45, 2.75) is 25.8 Å². The van der Waals surface area contributed by atoms with Gasteiger partial charge in [-0.2, -0.15) is 13.2 Å². The number of hydrogen-bond acceptors (Lipinski definition) is 4. The van der Waals surface area contributed by atoms with Gasteiger partial charge in [-0.15, -0.1) is 0 Å². The maximum atomic E-state index is 14.0. The van der Waals surface area contributed by atoms with Gasteiger partial charge in [0.1, 0.15) is 5.75 Å². The fourth-order valence-electron chi connectivity index (χ4n) is 3.14. The van der Waals surface area contributed by atoms with Crippen molar-refractivity contribution in [3.63, 3.8) is 0 Å². The van der Waals surface area contributed by atoms with Crippen LogP contribution in [0.25, 0.3) is 6.08 Å². The standard InChI is InChI=1S/C18H12F3NO3/c1-9-7-10(2)22-16-14(9)15(23)12-8-11-5-3-4-6-13(11)24-17(12,25-16)18(19,20)21/h3-8H,1-2H3. The van der Waals surface area contributed by atoms with Crippen molar-refractivity contribution in [2.75, 3.05) is 0 Å². The summed E-state index contributed by atoms with van der Waals surface area (Å²) in [6.45, 7) is 3.25. The minimum absolute atomic E-state index is 0.01000. The van der Waals surface area contributed by atoms with E-state index in [1.165, 1.54) is 12.1 Å². The van der Waals surface area contributed by atoms with Crippen LogP contribution in [0, 0.1) is 13.8 Å². The number of fused-ring (bicyclic) bond motifs is 3. The number of rotatable bonds is 0. The van der Waals surface area contributed by atoms with E-state index in [0.29, 0.717) is 16.8 Å². The van der Waals surface area contributed by atoms with Crippen LogP contribution in [-0.4, -0.2) is 22.7 Å². The summed E-state index contributed by atoms with van der Waals surface area (Å²) in [5.74, 6) is -4.36. The monoisotopic (exact) mass is 347 g/mol. The largest absolute Gasteiger partial charge is 0.473 e. The van der Waals surface area contributed by atoms with Crippen molar-refractivity contribution in [1.82, 2.24) is 4.98 Å². The lowest BCUT2D eigenvalue weighted by Gasteiger charge is -2.42. The number of Topliss-reactive ketones (excluding diaryl/α,β-unsaturated/α-hetero) is 1. The van der Waals surface area contributed by atoms with Crippen molar-refractivity contribution < 1.29 is 27.4 Å². The number of benzene rings is 1. The molecule has 2 aromatic rings. The highest BCUT2D eigenvalue weighted by atomic mass is 19.4. The zero-order chi connectivity index (χ0) is 18.0. The van der Waals surface area contributed by atoms with Crippen LogP contribution in [0.5, 0.6) is 11.6 Å². The molecule has 4 rings (SSSR count). The Morgan fingerprint density at radius 2 is 1.84 bits per heavy atom. The van der Waals surface area contributed by atoms with Gasteiger partial charge >= 0.3 is 12.0 Å². The molecule has 0 N–H and O–H groups in total. The lowest BCUT2D eigenvalue weighted by molar-refractivity contribution is -0.304. The number of hydrogen-bond donors (Lipinski definition) is 0. The van der Waals surface area contributed by atoms with E-state index in [2.05, 4.69) is 4.98 Å². The van der Waals surface area contributed by atoms with E-state index in [1.54, 1.807) is 38.1 Å². The van der Waals surface area contributed by atoms with Crippen LogP contribution in [0.1, 0.15) is 27.2 Å². The second-order valence-corrected chi connectivity index (χ2v) is 6.00. The molecule has 0 spiro atoms. The van der Waals surface area contributed by atoms with Crippen molar-refractivity contribution in [2.24, 2.45) is 0 Å². The third-order valence-corrected chi connectivity index (χ3v) is 4.22. The number of carbonyl (C=O) groups is 1. The van der Waals surface area contributed by atoms with Gasteiger partial charge < -0.3 is 9.47 Å². The number of ketones is 1. The molecule has 1 aromatic carbocycles. The Morgan fingerprint density at radius 3 is 2.56 bits per heavy atom. The van der Waals surface area contributed by atoms with Crippen LogP contribution in [0.4, 0.5) is 13.2 Å². The Bertz CT molecular complexity index is 949. The summed E-state index contributed by atoms with van der Waals surface area (Å²) < 4.78 is 52.3. The highest BCUT2D eigenvalue weighted by Gasteiger charge is 2.68. The molecule has 2 aliphatic heterocycles. The smallest absolute Gasteiger partial charge is 0.440 e. The summed E-state index contributed by atoms with van der Waals surface area (Å²) >= 11 is 0. The van der Waals surface area contributed by atoms with Crippen molar-refractivity contribution >= 4 is 11.9 Å². The van der Waals surface area contributed by atoms with Crippen LogP contribution in [-0.2, 0) is 0 Å². The number of para-hydroxylation sites is 1. The molecule has 0 radical (unpaired) electrons. The first-order chi connectivity index (χ1) is 11.7. The van der Waals surface area contributed by atoms with E-state index in [1.807, 2.05) is 0 Å². The molecule has 3 heterocycles. The van der Waals surface area contributed by atoms with E-state index in [4.69, 9.17) is 9.47 Å². The molecule has 0 aliphatic carbocycles. The molecule has 7 heteroatoms. The van der Waals surface area contributed by atoms with E-state index in [-0.39, 0.29) is 17.2 Å². The molecular formula is C18H12F3NO3. The lowest BCUT2D eigenvalue weighted by Crippen LogP contribution is -2.61. The number of halogens is 3. The second kappa shape index (κ2) is 4.84. The zero-order valence-electron chi connectivity index (χ0n) is 13.3. The number of nitrogens with zero attached hydrogens (tertiary/aromatic N) is 1. The third kappa shape index (κ3) is 2.08. The molecule has 128 valence electrons. The lowest BCUT2D eigenvalue weighted by atomic mass is 9.87. The highest BCUT2D eigenvalue weighted by molar-refractivity contribution is 6.16. The Balaban J connectivity index is 2.03. The van der Waals surface area contributed by atoms with E-state index < -0.39 is 23.3 Å². The minimum Gasteiger partial charge on any atom is -0.440 e. The molecular weight excluding hydrogens is 335 g/mol. The molecule has 4 nitrogen and oxygen atoms in total. The molecule has 0 fully saturated rings. The number of aryl methyl sites for hydroxylation is 2. The van der Waals surface area contributed by atoms with Crippen LogP contribution in [0.3, 0.4) is 0 Å². The molecule has 1 atom stereocenters. The third-order valence-electron chi connectivity index (χ3n) is 4.22. The normalized spacial score (nSPS) is 21.3. The fraction of sp³-hybridized carbons (Fsp3) is 0.222. The van der Waals surface area contributed by atoms with E-state index >= 15 is 0 Å². The first-order valence-electron chi connectivity index (χ1n) is 7.52. The van der Waals surface area contributed by atoms with Gasteiger partial charge in [-0.05, 0) is 37.6 Å². The molecule has 25 heavy (non-hydrogen) atoms. The predicted molar refractivity (Wildman–Crippen MR) is 82.5 cm³/mol. The van der Waals surface area contributed by atoms with Crippen molar-refractivity contribution in [3.05, 3.63) is 58.3 Å². The van der Waals surface area contributed by atoms with Gasteiger partial charge in [-0.1, -0.05) is 18.2 Å². The summed E-state index contributed by atoms with van der Waals surface area (Å²) in [5, 5.41) is 0. The van der Waals surface area contributed by atoms with Crippen LogP contribution < -0.4 is 9.47 Å². The molecule has 0 bridgehead atoms. The van der Waals surface area contributed by atoms with Gasteiger partial charge in [0, 0.05) is 11.3 Å². The van der Waals surface area contributed by atoms with Gasteiger partial charge in [0.15, 0.2) is 0 Å². The number of alkyl halides is 3. The zero-order valence-corrected chi connectivity index (χ0v) is 13.3. The molecule has 0 saturated carbocycles. The van der Waals surface area contributed by atoms with Crippen LogP contribution in [0.15, 0.2) is 35.9 Å². The fourth-order valence-corrected chi connectivity index (χ4v) is 3.14. The van der Waals surface area contributed by atoms with E-state index in [0.717, 1.165) is 0 Å². The predicted octanol–water partition coefficient (Wildman–Crippen LogP) is 4.01. The maximum Gasteiger partial charge on any atom is 0.473 e. The van der Waals surface area contributed by atoms with E-state index in [9.17, 15) is 18.0 Å². The number of pyridine rings is 1. The van der Waals surface area contributed by atoms with Gasteiger partial charge in [0.05, 0.1) is 11.1 Å². The Kier molecular flexibility index (Phi) is 3.04. The first kappa shape index (κ1) is 15.7. The Hall–Kier alpha value is -2.83. The molecule has 1 aromatic heterocycles. The first-order valence-corrected chi connectivity index (χ1v) is 7.52. The van der Waals surface area contributed by atoms with Crippen molar-refractivity contribution in [3.8, 4) is 11.6 Å².